The summed E-state index contributed by atoms with van der Waals surface area (Å²) in [5.41, 5.74) is 2.32. The smallest absolute Gasteiger partial charge is 0.232 e. The van der Waals surface area contributed by atoms with Crippen molar-refractivity contribution in [3.8, 4) is 0 Å². The van der Waals surface area contributed by atoms with Crippen molar-refractivity contribution in [3.05, 3.63) is 35.4 Å². The maximum atomic E-state index is 11.9. The molecule has 1 heterocycles. The Balaban J connectivity index is 1.98. The third kappa shape index (κ3) is 4.71. The molecule has 0 aliphatic carbocycles. The summed E-state index contributed by atoms with van der Waals surface area (Å²) in [5, 5.41) is 0. The summed E-state index contributed by atoms with van der Waals surface area (Å²) in [4.78, 5) is 13.6. The van der Waals surface area contributed by atoms with E-state index in [9.17, 15) is 13.2 Å². The molecule has 1 atom stereocenters. The summed E-state index contributed by atoms with van der Waals surface area (Å²) in [5.74, 6) is 0.136. The molecule has 2 rings (SSSR count). The van der Waals surface area contributed by atoms with Crippen LogP contribution in [0.2, 0.25) is 0 Å². The molecule has 0 saturated carbocycles. The summed E-state index contributed by atoms with van der Waals surface area (Å²) in [6.07, 6.45) is 0.260. The number of carbonyl (C=O) groups is 1. The zero-order valence-electron chi connectivity index (χ0n) is 12.3. The van der Waals surface area contributed by atoms with Crippen LogP contribution in [0, 0.1) is 5.92 Å². The molecule has 1 saturated heterocycles. The van der Waals surface area contributed by atoms with Crippen molar-refractivity contribution in [2.45, 2.75) is 32.7 Å². The van der Waals surface area contributed by atoms with Crippen molar-refractivity contribution < 1.29 is 13.2 Å². The molecule has 116 valence electrons. The van der Waals surface area contributed by atoms with Gasteiger partial charge in [0.1, 0.15) is 0 Å². The molecule has 0 N–H and O–H groups in total. The summed E-state index contributed by atoms with van der Waals surface area (Å²) in [6.45, 7) is 5.25. The molecule has 1 aromatic carbocycles. The first-order valence-electron chi connectivity index (χ1n) is 7.03. The van der Waals surface area contributed by atoms with Crippen LogP contribution < -0.4 is 0 Å². The van der Waals surface area contributed by atoms with Gasteiger partial charge in [-0.1, -0.05) is 38.1 Å². The largest absolute Gasteiger partial charge is 0.338 e. The van der Waals surface area contributed by atoms with Gasteiger partial charge in [0.15, 0.2) is 0 Å². The molecule has 0 aromatic heterocycles. The van der Waals surface area contributed by atoms with Crippen LogP contribution in [0.1, 0.15) is 37.3 Å². The zero-order chi connectivity index (χ0) is 15.6. The molecule has 6 heteroatoms. The Labute approximate surface area is 130 Å². The second-order valence-corrected chi connectivity index (χ2v) is 8.77. The van der Waals surface area contributed by atoms with Gasteiger partial charge in [-0.3, -0.25) is 4.79 Å². The average Bonchev–Trinajstić information content (AvgIpc) is 2.67. The fourth-order valence-electron chi connectivity index (χ4n) is 2.63. The van der Waals surface area contributed by atoms with E-state index in [-0.39, 0.29) is 24.0 Å². The molecule has 1 aliphatic rings. The van der Waals surface area contributed by atoms with Gasteiger partial charge >= 0.3 is 0 Å². The van der Waals surface area contributed by atoms with Crippen molar-refractivity contribution in [3.63, 3.8) is 0 Å². The highest BCUT2D eigenvalue weighted by molar-refractivity contribution is 8.13. The van der Waals surface area contributed by atoms with E-state index in [1.807, 2.05) is 12.1 Å². The van der Waals surface area contributed by atoms with Crippen molar-refractivity contribution in [1.82, 2.24) is 4.90 Å². The topological polar surface area (TPSA) is 54.5 Å². The first kappa shape index (κ1) is 16.3. The zero-order valence-corrected chi connectivity index (χ0v) is 13.8. The minimum absolute atomic E-state index is 0.00625. The number of halogens is 1. The van der Waals surface area contributed by atoms with Gasteiger partial charge in [-0.2, -0.15) is 0 Å². The Hall–Kier alpha value is -1.07. The molecule has 1 aliphatic heterocycles. The maximum absolute atomic E-state index is 11.9. The number of hydrogen-bond acceptors (Lipinski definition) is 3. The van der Waals surface area contributed by atoms with Crippen molar-refractivity contribution in [2.24, 2.45) is 5.92 Å². The Morgan fingerprint density at radius 2 is 1.90 bits per heavy atom. The normalized spacial score (nSPS) is 19.5. The lowest BCUT2D eigenvalue weighted by atomic mass is 10.0. The van der Waals surface area contributed by atoms with E-state index in [4.69, 9.17) is 10.7 Å². The fraction of sp³-hybridized carbons (Fsp3) is 0.533. The van der Waals surface area contributed by atoms with Crippen molar-refractivity contribution in [1.29, 1.82) is 0 Å². The number of likely N-dealkylation sites (tertiary alicyclic amines) is 1. The maximum Gasteiger partial charge on any atom is 0.232 e. The lowest BCUT2D eigenvalue weighted by Crippen LogP contribution is -2.25. The highest BCUT2D eigenvalue weighted by Gasteiger charge is 2.32. The summed E-state index contributed by atoms with van der Waals surface area (Å²) in [7, 11) is 1.71. The summed E-state index contributed by atoms with van der Waals surface area (Å²) in [6, 6.07) is 8.19. The number of benzene rings is 1. The molecule has 0 spiro atoms. The Morgan fingerprint density at radius 1 is 1.29 bits per heavy atom. The molecule has 1 unspecified atom stereocenters. The van der Waals surface area contributed by atoms with E-state index in [0.717, 1.165) is 5.56 Å². The number of carbonyl (C=O) groups excluding carboxylic acids is 1. The van der Waals surface area contributed by atoms with Crippen molar-refractivity contribution in [2.75, 3.05) is 12.3 Å². The highest BCUT2D eigenvalue weighted by Crippen LogP contribution is 2.23. The molecule has 1 amide bonds. The SMILES string of the molecule is CC(C)c1ccc(CN2CC(CS(=O)(=O)Cl)CC2=O)cc1. The first-order valence-corrected chi connectivity index (χ1v) is 9.51. The molecule has 0 bridgehead atoms. The monoisotopic (exact) mass is 329 g/mol. The van der Waals surface area contributed by atoms with Gasteiger partial charge in [-0.25, -0.2) is 8.42 Å². The predicted octanol–water partition coefficient (Wildman–Crippen LogP) is 2.73. The van der Waals surface area contributed by atoms with Gasteiger partial charge in [0.05, 0.1) is 5.75 Å². The van der Waals surface area contributed by atoms with Crippen LogP contribution in [0.3, 0.4) is 0 Å². The molecule has 21 heavy (non-hydrogen) atoms. The standard InChI is InChI=1S/C15H20ClNO3S/c1-11(2)14-5-3-12(4-6-14)8-17-9-13(7-15(17)18)10-21(16,19)20/h3-6,11,13H,7-10H2,1-2H3. The number of hydrogen-bond donors (Lipinski definition) is 0. The lowest BCUT2D eigenvalue weighted by Gasteiger charge is -2.17. The minimum Gasteiger partial charge on any atom is -0.338 e. The van der Waals surface area contributed by atoms with Gasteiger partial charge in [0.25, 0.3) is 0 Å². The van der Waals surface area contributed by atoms with E-state index >= 15 is 0 Å². The highest BCUT2D eigenvalue weighted by atomic mass is 35.7. The van der Waals surface area contributed by atoms with Crippen LogP contribution in [-0.2, 0) is 20.4 Å². The molecule has 1 aromatic rings. The molecule has 4 nitrogen and oxygen atoms in total. The van der Waals surface area contributed by atoms with Crippen LogP contribution in [-0.4, -0.2) is 31.5 Å². The van der Waals surface area contributed by atoms with Crippen LogP contribution in [0.4, 0.5) is 0 Å². The average molecular weight is 330 g/mol. The van der Waals surface area contributed by atoms with E-state index < -0.39 is 9.05 Å². The third-order valence-electron chi connectivity index (χ3n) is 3.75. The number of rotatable bonds is 5. The van der Waals surface area contributed by atoms with Gasteiger partial charge < -0.3 is 4.90 Å². The van der Waals surface area contributed by atoms with E-state index in [1.54, 1.807) is 4.90 Å². The number of nitrogens with zero attached hydrogens (tertiary/aromatic N) is 1. The van der Waals surface area contributed by atoms with Crippen LogP contribution in [0.5, 0.6) is 0 Å². The van der Waals surface area contributed by atoms with Gasteiger partial charge in [-0.05, 0) is 17.0 Å². The second-order valence-electron chi connectivity index (χ2n) is 5.95. The van der Waals surface area contributed by atoms with Crippen molar-refractivity contribution >= 4 is 25.6 Å². The van der Waals surface area contributed by atoms with E-state index in [0.29, 0.717) is 19.0 Å². The quantitative estimate of drug-likeness (QED) is 0.780. The second kappa shape index (κ2) is 6.36. The van der Waals surface area contributed by atoms with Gasteiger partial charge in [0.2, 0.25) is 15.0 Å². The summed E-state index contributed by atoms with van der Waals surface area (Å²) < 4.78 is 22.2. The van der Waals surface area contributed by atoms with Crippen LogP contribution in [0.15, 0.2) is 24.3 Å². The van der Waals surface area contributed by atoms with E-state index in [2.05, 4.69) is 26.0 Å². The number of amides is 1. The third-order valence-corrected chi connectivity index (χ3v) is 5.00. The van der Waals surface area contributed by atoms with Crippen LogP contribution >= 0.6 is 10.7 Å². The predicted molar refractivity (Wildman–Crippen MR) is 83.7 cm³/mol. The first-order chi connectivity index (χ1) is 9.74. The fourth-order valence-corrected chi connectivity index (χ4v) is 3.95. The van der Waals surface area contributed by atoms with Gasteiger partial charge in [-0.15, -0.1) is 0 Å². The Bertz CT molecular complexity index is 610. The lowest BCUT2D eigenvalue weighted by molar-refractivity contribution is -0.128. The minimum atomic E-state index is -3.55. The molecule has 1 fully saturated rings. The van der Waals surface area contributed by atoms with Gasteiger partial charge in [0, 0.05) is 36.1 Å². The van der Waals surface area contributed by atoms with E-state index in [1.165, 1.54) is 5.56 Å². The summed E-state index contributed by atoms with van der Waals surface area (Å²) >= 11 is 0. The Morgan fingerprint density at radius 3 is 2.43 bits per heavy atom. The molecular formula is C15H20ClNO3S. The molecule has 0 radical (unpaired) electrons. The Kier molecular flexibility index (Phi) is 4.94. The van der Waals surface area contributed by atoms with Crippen LogP contribution in [0.25, 0.3) is 0 Å². The molecular weight excluding hydrogens is 310 g/mol.